The smallest absolute Gasteiger partial charge is 0.272 e. The van der Waals surface area contributed by atoms with E-state index in [2.05, 4.69) is 15.3 Å². The molecule has 2 aliphatic heterocycles. The summed E-state index contributed by atoms with van der Waals surface area (Å²) in [7, 11) is 1.85. The number of carbonyl (C=O) groups is 1. The number of carbonyl (C=O) groups excluding carboxylic acids is 1. The summed E-state index contributed by atoms with van der Waals surface area (Å²) in [4.78, 5) is 14.7. The van der Waals surface area contributed by atoms with Crippen molar-refractivity contribution in [2.75, 3.05) is 13.1 Å². The third-order valence-corrected chi connectivity index (χ3v) is 4.34. The highest BCUT2D eigenvalue weighted by Gasteiger charge is 2.36. The van der Waals surface area contributed by atoms with Crippen LogP contribution in [0.3, 0.4) is 0 Å². The minimum atomic E-state index is 0.138. The van der Waals surface area contributed by atoms with Crippen LogP contribution in [0.4, 0.5) is 0 Å². The Hall–Kier alpha value is -1.36. The first-order valence-corrected chi connectivity index (χ1v) is 7.22. The van der Waals surface area contributed by atoms with Crippen LogP contribution in [-0.2, 0) is 7.05 Å². The van der Waals surface area contributed by atoms with Gasteiger partial charge < -0.3 is 10.2 Å². The second-order valence-electron chi connectivity index (χ2n) is 5.71. The van der Waals surface area contributed by atoms with Crippen LogP contribution >= 0.6 is 0 Å². The lowest BCUT2D eigenvalue weighted by Gasteiger charge is -2.29. The molecule has 2 aliphatic rings. The van der Waals surface area contributed by atoms with Crippen LogP contribution in [0.5, 0.6) is 0 Å². The molecular weight excluding hydrogens is 240 g/mol. The second-order valence-corrected chi connectivity index (χ2v) is 5.71. The molecule has 3 rings (SSSR count). The molecule has 0 spiro atoms. The van der Waals surface area contributed by atoms with Crippen molar-refractivity contribution in [3.63, 3.8) is 0 Å². The Morgan fingerprint density at radius 3 is 2.89 bits per heavy atom. The van der Waals surface area contributed by atoms with E-state index in [9.17, 15) is 4.79 Å². The first-order chi connectivity index (χ1) is 9.16. The van der Waals surface area contributed by atoms with Gasteiger partial charge in [0.25, 0.3) is 5.91 Å². The van der Waals surface area contributed by atoms with Crippen molar-refractivity contribution < 1.29 is 4.79 Å². The van der Waals surface area contributed by atoms with Gasteiger partial charge in [0.05, 0.1) is 5.69 Å². The van der Waals surface area contributed by atoms with E-state index < -0.39 is 0 Å². The van der Waals surface area contributed by atoms with Gasteiger partial charge in [-0.05, 0) is 45.2 Å². The zero-order valence-electron chi connectivity index (χ0n) is 11.7. The normalized spacial score (nSPS) is 27.2. The van der Waals surface area contributed by atoms with E-state index in [1.54, 1.807) is 4.68 Å². The molecule has 1 amide bonds. The van der Waals surface area contributed by atoms with Crippen molar-refractivity contribution >= 4 is 5.91 Å². The van der Waals surface area contributed by atoms with Crippen molar-refractivity contribution in [3.8, 4) is 0 Å². The predicted octanol–water partition coefficient (Wildman–Crippen LogP) is 1.09. The van der Waals surface area contributed by atoms with Crippen molar-refractivity contribution in [2.45, 2.75) is 44.7 Å². The molecule has 0 bridgehead atoms. The van der Waals surface area contributed by atoms with Gasteiger partial charge in [-0.3, -0.25) is 9.48 Å². The van der Waals surface area contributed by atoms with Crippen LogP contribution in [0.2, 0.25) is 0 Å². The number of hydrogen-bond acceptors (Lipinski definition) is 3. The van der Waals surface area contributed by atoms with Crippen LogP contribution in [0, 0.1) is 6.92 Å². The van der Waals surface area contributed by atoms with E-state index in [4.69, 9.17) is 0 Å². The molecule has 2 unspecified atom stereocenters. The number of hydrogen-bond donors (Lipinski definition) is 1. The Balaban J connectivity index is 1.80. The van der Waals surface area contributed by atoms with Gasteiger partial charge in [0.15, 0.2) is 0 Å². The minimum Gasteiger partial charge on any atom is -0.333 e. The summed E-state index contributed by atoms with van der Waals surface area (Å²) in [6.07, 6.45) is 4.67. The first-order valence-electron chi connectivity index (χ1n) is 7.22. The Labute approximate surface area is 114 Å². The van der Waals surface area contributed by atoms with Crippen molar-refractivity contribution in [3.05, 3.63) is 17.5 Å². The van der Waals surface area contributed by atoms with Gasteiger partial charge in [-0.2, -0.15) is 5.10 Å². The molecule has 5 heteroatoms. The van der Waals surface area contributed by atoms with Gasteiger partial charge in [-0.25, -0.2) is 0 Å². The number of aryl methyl sites for hydroxylation is 2. The van der Waals surface area contributed by atoms with Gasteiger partial charge in [0.2, 0.25) is 0 Å². The van der Waals surface area contributed by atoms with Gasteiger partial charge in [-0.15, -0.1) is 0 Å². The number of likely N-dealkylation sites (tertiary alicyclic amines) is 1. The fourth-order valence-corrected chi connectivity index (χ4v) is 3.46. The summed E-state index contributed by atoms with van der Waals surface area (Å²) in [5.74, 6) is 0.138. The lowest BCUT2D eigenvalue weighted by molar-refractivity contribution is 0.0700. The highest BCUT2D eigenvalue weighted by molar-refractivity contribution is 5.93. The minimum absolute atomic E-state index is 0.138. The Bertz CT molecular complexity index is 476. The number of nitrogens with zero attached hydrogens (tertiary/aromatic N) is 3. The SMILES string of the molecule is Cc1cc(C(=O)N2CCCC2C2CCCN2)n(C)n1. The van der Waals surface area contributed by atoms with Crippen molar-refractivity contribution in [2.24, 2.45) is 7.05 Å². The summed E-state index contributed by atoms with van der Waals surface area (Å²) in [5, 5.41) is 7.82. The third kappa shape index (κ3) is 2.27. The maximum atomic E-state index is 12.7. The average Bonchev–Trinajstić information content (AvgIpc) is 3.06. The quantitative estimate of drug-likeness (QED) is 0.868. The lowest BCUT2D eigenvalue weighted by Crippen LogP contribution is -2.46. The molecule has 1 aromatic heterocycles. The van der Waals surface area contributed by atoms with Crippen LogP contribution in [0.15, 0.2) is 6.07 Å². The molecule has 3 heterocycles. The number of nitrogens with one attached hydrogen (secondary N) is 1. The molecule has 2 fully saturated rings. The van der Waals surface area contributed by atoms with Crippen molar-refractivity contribution in [1.29, 1.82) is 0 Å². The summed E-state index contributed by atoms with van der Waals surface area (Å²) >= 11 is 0. The molecule has 0 radical (unpaired) electrons. The third-order valence-electron chi connectivity index (χ3n) is 4.34. The van der Waals surface area contributed by atoms with Crippen LogP contribution < -0.4 is 5.32 Å². The highest BCUT2D eigenvalue weighted by atomic mass is 16.2. The molecule has 0 aromatic carbocycles. The fourth-order valence-electron chi connectivity index (χ4n) is 3.46. The predicted molar refractivity (Wildman–Crippen MR) is 73.0 cm³/mol. The molecule has 104 valence electrons. The summed E-state index contributed by atoms with van der Waals surface area (Å²) in [6, 6.07) is 2.74. The maximum Gasteiger partial charge on any atom is 0.272 e. The molecular formula is C14H22N4O. The number of rotatable bonds is 2. The molecule has 0 aliphatic carbocycles. The van der Waals surface area contributed by atoms with E-state index in [0.29, 0.717) is 17.8 Å². The van der Waals surface area contributed by atoms with E-state index in [1.165, 1.54) is 12.8 Å². The van der Waals surface area contributed by atoms with E-state index in [1.807, 2.05) is 20.0 Å². The fraction of sp³-hybridized carbons (Fsp3) is 0.714. The monoisotopic (exact) mass is 262 g/mol. The molecule has 0 saturated carbocycles. The Morgan fingerprint density at radius 2 is 2.26 bits per heavy atom. The Morgan fingerprint density at radius 1 is 1.42 bits per heavy atom. The maximum absolute atomic E-state index is 12.7. The Kier molecular flexibility index (Phi) is 3.31. The number of amides is 1. The summed E-state index contributed by atoms with van der Waals surface area (Å²) < 4.78 is 1.70. The van der Waals surface area contributed by atoms with Gasteiger partial charge in [0, 0.05) is 25.7 Å². The highest BCUT2D eigenvalue weighted by Crippen LogP contribution is 2.26. The van der Waals surface area contributed by atoms with E-state index >= 15 is 0 Å². The van der Waals surface area contributed by atoms with Crippen LogP contribution in [0.25, 0.3) is 0 Å². The van der Waals surface area contributed by atoms with E-state index in [-0.39, 0.29) is 5.91 Å². The molecule has 2 saturated heterocycles. The molecule has 5 nitrogen and oxygen atoms in total. The molecule has 19 heavy (non-hydrogen) atoms. The van der Waals surface area contributed by atoms with Crippen molar-refractivity contribution in [1.82, 2.24) is 20.0 Å². The molecule has 2 atom stereocenters. The second kappa shape index (κ2) is 4.96. The summed E-state index contributed by atoms with van der Waals surface area (Å²) in [5.41, 5.74) is 1.61. The largest absolute Gasteiger partial charge is 0.333 e. The molecule has 1 aromatic rings. The van der Waals surface area contributed by atoms with Crippen LogP contribution in [-0.4, -0.2) is 45.8 Å². The molecule has 1 N–H and O–H groups in total. The van der Waals surface area contributed by atoms with Gasteiger partial charge in [-0.1, -0.05) is 0 Å². The standard InChI is InChI=1S/C14H22N4O/c1-10-9-13(17(2)16-10)14(19)18-8-4-6-12(18)11-5-3-7-15-11/h9,11-12,15H,3-8H2,1-2H3. The van der Waals surface area contributed by atoms with Crippen LogP contribution in [0.1, 0.15) is 41.9 Å². The first kappa shape index (κ1) is 12.7. The average molecular weight is 262 g/mol. The van der Waals surface area contributed by atoms with Gasteiger partial charge in [0.1, 0.15) is 5.69 Å². The zero-order valence-corrected chi connectivity index (χ0v) is 11.7. The van der Waals surface area contributed by atoms with E-state index in [0.717, 1.165) is 31.6 Å². The topological polar surface area (TPSA) is 50.2 Å². The zero-order chi connectivity index (χ0) is 13.4. The lowest BCUT2D eigenvalue weighted by atomic mass is 10.0. The summed E-state index contributed by atoms with van der Waals surface area (Å²) in [6.45, 7) is 3.90. The van der Waals surface area contributed by atoms with Gasteiger partial charge >= 0.3 is 0 Å². The number of aromatic nitrogens is 2.